The maximum atomic E-state index is 12.6. The molecule has 1 unspecified atom stereocenters. The molecule has 0 radical (unpaired) electrons. The van der Waals surface area contributed by atoms with Crippen LogP contribution in [0.25, 0.3) is 11.0 Å². The van der Waals surface area contributed by atoms with Gasteiger partial charge < -0.3 is 19.4 Å². The summed E-state index contributed by atoms with van der Waals surface area (Å²) in [5.74, 6) is 0.102. The molecular weight excluding hydrogens is 348 g/mol. The first-order chi connectivity index (χ1) is 13.0. The van der Waals surface area contributed by atoms with Gasteiger partial charge in [-0.15, -0.1) is 0 Å². The van der Waals surface area contributed by atoms with Crippen LogP contribution in [0.4, 0.5) is 0 Å². The predicted octanol–water partition coefficient (Wildman–Crippen LogP) is 1.32. The molecule has 27 heavy (non-hydrogen) atoms. The fourth-order valence-electron chi connectivity index (χ4n) is 3.92. The summed E-state index contributed by atoms with van der Waals surface area (Å²) in [5.41, 5.74) is 2.80. The first-order valence-corrected chi connectivity index (χ1v) is 9.26. The van der Waals surface area contributed by atoms with Gasteiger partial charge in [0.2, 0.25) is 5.91 Å². The summed E-state index contributed by atoms with van der Waals surface area (Å²) < 4.78 is 11.4. The van der Waals surface area contributed by atoms with E-state index in [1.807, 2.05) is 19.1 Å². The van der Waals surface area contributed by atoms with Crippen molar-refractivity contribution < 1.29 is 18.7 Å². The van der Waals surface area contributed by atoms with E-state index >= 15 is 0 Å². The summed E-state index contributed by atoms with van der Waals surface area (Å²) in [6.45, 7) is 4.45. The average Bonchev–Trinajstić information content (AvgIpc) is 3.14. The highest BCUT2D eigenvalue weighted by Gasteiger charge is 2.27. The maximum Gasteiger partial charge on any atom is 0.339 e. The van der Waals surface area contributed by atoms with Crippen molar-refractivity contribution in [2.45, 2.75) is 39.2 Å². The minimum absolute atomic E-state index is 0.0459. The smallest absolute Gasteiger partial charge is 0.339 e. The Labute approximate surface area is 156 Å². The Morgan fingerprint density at radius 3 is 2.81 bits per heavy atom. The number of aryl methyl sites for hydroxylation is 2. The number of piperazine rings is 1. The number of nitrogens with one attached hydrogen (secondary N) is 1. The molecule has 2 aliphatic rings. The molecule has 2 heterocycles. The van der Waals surface area contributed by atoms with Crippen LogP contribution in [0.5, 0.6) is 5.75 Å². The second-order valence-corrected chi connectivity index (χ2v) is 7.14. The molecule has 0 saturated carbocycles. The van der Waals surface area contributed by atoms with Crippen LogP contribution in [0.1, 0.15) is 30.0 Å². The summed E-state index contributed by atoms with van der Waals surface area (Å²) >= 11 is 0. The van der Waals surface area contributed by atoms with Gasteiger partial charge in [-0.05, 0) is 50.8 Å². The largest absolute Gasteiger partial charge is 0.480 e. The molecule has 1 aromatic carbocycles. The molecule has 1 aliphatic heterocycles. The number of carbonyl (C=O) groups excluding carboxylic acids is 2. The molecular formula is C20H22N2O5. The van der Waals surface area contributed by atoms with Crippen molar-refractivity contribution in [1.82, 2.24) is 10.2 Å². The molecule has 2 amide bonds. The van der Waals surface area contributed by atoms with Crippen molar-refractivity contribution in [1.29, 1.82) is 0 Å². The third-order valence-electron chi connectivity index (χ3n) is 5.34. The Morgan fingerprint density at radius 1 is 1.26 bits per heavy atom. The van der Waals surface area contributed by atoms with Crippen LogP contribution in [0, 0.1) is 6.92 Å². The van der Waals surface area contributed by atoms with Crippen LogP contribution >= 0.6 is 0 Å². The SMILES string of the molecule is Cc1c(OC(C)C(=O)N2CCNC(=O)C2)ccc2c3c(c(=O)oc12)CCC3. The fourth-order valence-corrected chi connectivity index (χ4v) is 3.92. The normalized spacial score (nSPS) is 17.6. The number of rotatable bonds is 3. The number of ether oxygens (including phenoxy) is 1. The highest BCUT2D eigenvalue weighted by atomic mass is 16.5. The zero-order chi connectivity index (χ0) is 19.1. The van der Waals surface area contributed by atoms with Crippen molar-refractivity contribution in [2.24, 2.45) is 0 Å². The molecule has 0 spiro atoms. The Morgan fingerprint density at radius 2 is 2.04 bits per heavy atom. The summed E-state index contributed by atoms with van der Waals surface area (Å²) in [4.78, 5) is 37.8. The van der Waals surface area contributed by atoms with E-state index in [-0.39, 0.29) is 24.0 Å². The van der Waals surface area contributed by atoms with Crippen LogP contribution in [0.2, 0.25) is 0 Å². The van der Waals surface area contributed by atoms with E-state index < -0.39 is 6.10 Å². The van der Waals surface area contributed by atoms with E-state index in [2.05, 4.69) is 5.32 Å². The fraction of sp³-hybridized carbons (Fsp3) is 0.450. The van der Waals surface area contributed by atoms with Crippen LogP contribution in [0.3, 0.4) is 0 Å². The first kappa shape index (κ1) is 17.6. The summed E-state index contributed by atoms with van der Waals surface area (Å²) in [7, 11) is 0. The molecule has 7 nitrogen and oxygen atoms in total. The molecule has 2 aromatic rings. The lowest BCUT2D eigenvalue weighted by molar-refractivity contribution is -0.143. The van der Waals surface area contributed by atoms with Crippen molar-refractivity contribution in [3.63, 3.8) is 0 Å². The summed E-state index contributed by atoms with van der Waals surface area (Å²) in [5, 5.41) is 3.64. The van der Waals surface area contributed by atoms with Gasteiger partial charge in [0.1, 0.15) is 11.3 Å². The number of amides is 2. The molecule has 1 aromatic heterocycles. The number of hydrogen-bond acceptors (Lipinski definition) is 5. The van der Waals surface area contributed by atoms with Gasteiger partial charge >= 0.3 is 5.63 Å². The van der Waals surface area contributed by atoms with Gasteiger partial charge in [0.25, 0.3) is 5.91 Å². The highest BCUT2D eigenvalue weighted by molar-refractivity contribution is 5.89. The van der Waals surface area contributed by atoms with E-state index in [0.29, 0.717) is 30.0 Å². The Bertz CT molecular complexity index is 994. The van der Waals surface area contributed by atoms with Gasteiger partial charge in [-0.25, -0.2) is 4.79 Å². The molecule has 1 atom stereocenters. The number of benzene rings is 1. The lowest BCUT2D eigenvalue weighted by Crippen LogP contribution is -2.53. The van der Waals surface area contributed by atoms with Crippen molar-refractivity contribution >= 4 is 22.8 Å². The van der Waals surface area contributed by atoms with Gasteiger partial charge in [-0.1, -0.05) is 0 Å². The zero-order valence-electron chi connectivity index (χ0n) is 15.5. The van der Waals surface area contributed by atoms with E-state index in [4.69, 9.17) is 9.15 Å². The second-order valence-electron chi connectivity index (χ2n) is 7.14. The summed E-state index contributed by atoms with van der Waals surface area (Å²) in [6, 6.07) is 3.72. The molecule has 7 heteroatoms. The van der Waals surface area contributed by atoms with Crippen molar-refractivity contribution in [3.8, 4) is 5.75 Å². The van der Waals surface area contributed by atoms with E-state index in [9.17, 15) is 14.4 Å². The predicted molar refractivity (Wildman–Crippen MR) is 98.9 cm³/mol. The van der Waals surface area contributed by atoms with Crippen LogP contribution in [0.15, 0.2) is 21.3 Å². The Balaban J connectivity index is 1.61. The van der Waals surface area contributed by atoms with Gasteiger partial charge in [-0.2, -0.15) is 0 Å². The second kappa shape index (κ2) is 6.72. The molecule has 1 saturated heterocycles. The van der Waals surface area contributed by atoms with Crippen LogP contribution in [-0.4, -0.2) is 42.5 Å². The average molecular weight is 370 g/mol. The minimum atomic E-state index is -0.742. The van der Waals surface area contributed by atoms with Crippen LogP contribution in [-0.2, 0) is 22.4 Å². The highest BCUT2D eigenvalue weighted by Crippen LogP contribution is 2.33. The number of fused-ring (bicyclic) bond motifs is 3. The maximum absolute atomic E-state index is 12.6. The van der Waals surface area contributed by atoms with Crippen molar-refractivity contribution in [3.05, 3.63) is 39.2 Å². The number of carbonyl (C=O) groups is 2. The Hall–Kier alpha value is -2.83. The molecule has 0 bridgehead atoms. The third kappa shape index (κ3) is 3.07. The number of hydrogen-bond donors (Lipinski definition) is 1. The lowest BCUT2D eigenvalue weighted by atomic mass is 10.0. The van der Waals surface area contributed by atoms with E-state index in [0.717, 1.165) is 35.8 Å². The molecule has 1 N–H and O–H groups in total. The third-order valence-corrected chi connectivity index (χ3v) is 5.34. The van der Waals surface area contributed by atoms with Crippen LogP contribution < -0.4 is 15.7 Å². The van der Waals surface area contributed by atoms with Crippen molar-refractivity contribution in [2.75, 3.05) is 19.6 Å². The Kier molecular flexibility index (Phi) is 4.37. The topological polar surface area (TPSA) is 88.9 Å². The molecule has 4 rings (SSSR count). The first-order valence-electron chi connectivity index (χ1n) is 9.26. The van der Waals surface area contributed by atoms with Gasteiger partial charge in [0, 0.05) is 29.6 Å². The quantitative estimate of drug-likeness (QED) is 0.823. The van der Waals surface area contributed by atoms with Gasteiger partial charge in [-0.3, -0.25) is 9.59 Å². The minimum Gasteiger partial charge on any atom is -0.480 e. The van der Waals surface area contributed by atoms with E-state index in [1.54, 1.807) is 6.92 Å². The van der Waals surface area contributed by atoms with Gasteiger partial charge in [0.05, 0.1) is 6.54 Å². The van der Waals surface area contributed by atoms with E-state index in [1.165, 1.54) is 4.90 Å². The standard InChI is InChI=1S/C20H22N2O5/c1-11-16(26-12(2)19(24)22-9-8-21-17(23)10-22)7-6-14-13-4-3-5-15(13)20(25)27-18(11)14/h6-7,12H,3-5,8-10H2,1-2H3,(H,21,23). The molecule has 142 valence electrons. The monoisotopic (exact) mass is 370 g/mol. The number of nitrogens with zero attached hydrogens (tertiary/aromatic N) is 1. The van der Waals surface area contributed by atoms with Gasteiger partial charge in [0.15, 0.2) is 6.10 Å². The molecule has 1 aliphatic carbocycles. The zero-order valence-corrected chi connectivity index (χ0v) is 15.5. The lowest BCUT2D eigenvalue weighted by Gasteiger charge is -2.29. The summed E-state index contributed by atoms with van der Waals surface area (Å²) in [6.07, 6.45) is 1.86. The molecule has 1 fully saturated rings.